The number of phenols is 1. The molecule has 0 radical (unpaired) electrons. The highest BCUT2D eigenvalue weighted by atomic mass is 16.5. The molecule has 1 amide bonds. The molecule has 1 aromatic carbocycles. The summed E-state index contributed by atoms with van der Waals surface area (Å²) in [5, 5.41) is 16.1. The third-order valence-corrected chi connectivity index (χ3v) is 3.76. The fraction of sp³-hybridized carbons (Fsp3) is 0.533. The van der Waals surface area contributed by atoms with Gasteiger partial charge in [-0.3, -0.25) is 4.79 Å². The second-order valence-electron chi connectivity index (χ2n) is 5.35. The minimum Gasteiger partial charge on any atom is -0.507 e. The van der Waals surface area contributed by atoms with Crippen LogP contribution in [0, 0.1) is 5.92 Å². The van der Waals surface area contributed by atoms with Crippen molar-refractivity contribution >= 4 is 5.91 Å². The molecule has 0 saturated carbocycles. The standard InChI is InChI=1S/C15H22N2O3/c1-10-3-4-11(8-16-10)9-17-15(19)13-6-5-12(20-2)7-14(13)18/h5-7,10-11,16,18H,3-4,8-9H2,1-2H3,(H,17,19). The lowest BCUT2D eigenvalue weighted by Crippen LogP contribution is -2.41. The number of carbonyl (C=O) groups is 1. The first kappa shape index (κ1) is 14.7. The van der Waals surface area contributed by atoms with Crippen LogP contribution in [0.5, 0.6) is 11.5 Å². The lowest BCUT2D eigenvalue weighted by atomic mass is 9.95. The largest absolute Gasteiger partial charge is 0.507 e. The first-order chi connectivity index (χ1) is 9.60. The summed E-state index contributed by atoms with van der Waals surface area (Å²) < 4.78 is 4.99. The molecule has 1 saturated heterocycles. The van der Waals surface area contributed by atoms with Gasteiger partial charge in [0, 0.05) is 18.7 Å². The molecule has 0 aliphatic carbocycles. The molecule has 0 bridgehead atoms. The van der Waals surface area contributed by atoms with Crippen LogP contribution in [0.15, 0.2) is 18.2 Å². The zero-order chi connectivity index (χ0) is 14.5. The molecule has 1 heterocycles. The smallest absolute Gasteiger partial charge is 0.255 e. The van der Waals surface area contributed by atoms with E-state index in [4.69, 9.17) is 4.74 Å². The maximum Gasteiger partial charge on any atom is 0.255 e. The lowest BCUT2D eigenvalue weighted by molar-refractivity contribution is 0.0941. The van der Waals surface area contributed by atoms with Crippen LogP contribution in [0.1, 0.15) is 30.1 Å². The van der Waals surface area contributed by atoms with Crippen LogP contribution in [0.2, 0.25) is 0 Å². The number of methoxy groups -OCH3 is 1. The number of hydrogen-bond donors (Lipinski definition) is 3. The number of ether oxygens (including phenoxy) is 1. The van der Waals surface area contributed by atoms with Gasteiger partial charge in [0.1, 0.15) is 11.5 Å². The van der Waals surface area contributed by atoms with Gasteiger partial charge in [-0.15, -0.1) is 0 Å². The summed E-state index contributed by atoms with van der Waals surface area (Å²) >= 11 is 0. The molecule has 110 valence electrons. The molecule has 1 aliphatic heterocycles. The first-order valence-electron chi connectivity index (χ1n) is 6.98. The Morgan fingerprint density at radius 2 is 2.30 bits per heavy atom. The number of hydrogen-bond acceptors (Lipinski definition) is 4. The van der Waals surface area contributed by atoms with Crippen molar-refractivity contribution in [3.05, 3.63) is 23.8 Å². The summed E-state index contributed by atoms with van der Waals surface area (Å²) in [4.78, 5) is 12.0. The third kappa shape index (κ3) is 3.63. The van der Waals surface area contributed by atoms with Gasteiger partial charge >= 0.3 is 0 Å². The molecule has 1 aliphatic rings. The van der Waals surface area contributed by atoms with E-state index < -0.39 is 0 Å². The molecule has 5 heteroatoms. The molecule has 1 aromatic rings. The lowest BCUT2D eigenvalue weighted by Gasteiger charge is -2.27. The predicted octanol–water partition coefficient (Wildman–Crippen LogP) is 1.52. The molecular formula is C15H22N2O3. The number of carbonyl (C=O) groups excluding carboxylic acids is 1. The Hall–Kier alpha value is -1.75. The molecule has 20 heavy (non-hydrogen) atoms. The zero-order valence-corrected chi connectivity index (χ0v) is 12.0. The number of nitrogens with one attached hydrogen (secondary N) is 2. The number of phenolic OH excluding ortho intramolecular Hbond substituents is 1. The van der Waals surface area contributed by atoms with E-state index in [9.17, 15) is 9.90 Å². The van der Waals surface area contributed by atoms with Crippen LogP contribution in [0.4, 0.5) is 0 Å². The first-order valence-corrected chi connectivity index (χ1v) is 6.98. The van der Waals surface area contributed by atoms with Crippen LogP contribution in [-0.4, -0.2) is 37.3 Å². The summed E-state index contributed by atoms with van der Waals surface area (Å²) in [5.41, 5.74) is 0.280. The summed E-state index contributed by atoms with van der Waals surface area (Å²) in [5.74, 6) is 0.682. The molecule has 3 N–H and O–H groups in total. The Kier molecular flexibility index (Phi) is 4.84. The fourth-order valence-corrected chi connectivity index (χ4v) is 2.39. The van der Waals surface area contributed by atoms with Gasteiger partial charge in [-0.05, 0) is 44.4 Å². The molecule has 1 fully saturated rings. The van der Waals surface area contributed by atoms with Gasteiger partial charge in [0.15, 0.2) is 0 Å². The Balaban J connectivity index is 1.88. The average Bonchev–Trinajstić information content (AvgIpc) is 2.46. The normalized spacial score (nSPS) is 22.3. The van der Waals surface area contributed by atoms with E-state index in [-0.39, 0.29) is 17.2 Å². The van der Waals surface area contributed by atoms with Crippen LogP contribution in [0.25, 0.3) is 0 Å². The number of rotatable bonds is 4. The van der Waals surface area contributed by atoms with Gasteiger partial charge in [0.05, 0.1) is 12.7 Å². The molecule has 2 unspecified atom stereocenters. The van der Waals surface area contributed by atoms with Crippen molar-refractivity contribution in [3.63, 3.8) is 0 Å². The average molecular weight is 278 g/mol. The molecular weight excluding hydrogens is 256 g/mol. The van der Waals surface area contributed by atoms with Crippen LogP contribution in [-0.2, 0) is 0 Å². The Labute approximate surface area is 119 Å². The van der Waals surface area contributed by atoms with E-state index in [0.29, 0.717) is 24.3 Å². The summed E-state index contributed by atoms with van der Waals surface area (Å²) in [6, 6.07) is 5.25. The summed E-state index contributed by atoms with van der Waals surface area (Å²) in [7, 11) is 1.52. The van der Waals surface area contributed by atoms with Crippen LogP contribution in [0.3, 0.4) is 0 Å². The summed E-state index contributed by atoms with van der Waals surface area (Å²) in [6.45, 7) is 3.73. The second kappa shape index (κ2) is 6.61. The predicted molar refractivity (Wildman–Crippen MR) is 77.2 cm³/mol. The van der Waals surface area contributed by atoms with Gasteiger partial charge in [0.25, 0.3) is 5.91 Å². The molecule has 0 spiro atoms. The van der Waals surface area contributed by atoms with E-state index in [2.05, 4.69) is 17.6 Å². The summed E-state index contributed by atoms with van der Waals surface area (Å²) in [6.07, 6.45) is 2.25. The highest BCUT2D eigenvalue weighted by Crippen LogP contribution is 2.23. The highest BCUT2D eigenvalue weighted by molar-refractivity contribution is 5.97. The SMILES string of the molecule is COc1ccc(C(=O)NCC2CCC(C)NC2)c(O)c1. The Morgan fingerprint density at radius 3 is 2.90 bits per heavy atom. The molecule has 5 nitrogen and oxygen atoms in total. The Morgan fingerprint density at radius 1 is 1.50 bits per heavy atom. The van der Waals surface area contributed by atoms with Crippen molar-refractivity contribution in [2.45, 2.75) is 25.8 Å². The van der Waals surface area contributed by atoms with Crippen LogP contribution < -0.4 is 15.4 Å². The van der Waals surface area contributed by atoms with E-state index in [0.717, 1.165) is 19.4 Å². The van der Waals surface area contributed by atoms with Gasteiger partial charge in [-0.25, -0.2) is 0 Å². The third-order valence-electron chi connectivity index (χ3n) is 3.76. The van der Waals surface area contributed by atoms with Crippen LogP contribution >= 0.6 is 0 Å². The highest BCUT2D eigenvalue weighted by Gasteiger charge is 2.19. The van der Waals surface area contributed by atoms with Crippen molar-refractivity contribution in [1.82, 2.24) is 10.6 Å². The molecule has 2 rings (SSSR count). The van der Waals surface area contributed by atoms with Crippen molar-refractivity contribution in [2.24, 2.45) is 5.92 Å². The minimum absolute atomic E-state index is 0.0581. The second-order valence-corrected chi connectivity index (χ2v) is 5.35. The number of aromatic hydroxyl groups is 1. The molecule has 2 atom stereocenters. The van der Waals surface area contributed by atoms with E-state index >= 15 is 0 Å². The fourth-order valence-electron chi connectivity index (χ4n) is 2.39. The molecule has 0 aromatic heterocycles. The minimum atomic E-state index is -0.247. The van der Waals surface area contributed by atoms with E-state index in [1.165, 1.54) is 13.2 Å². The van der Waals surface area contributed by atoms with Gasteiger partial charge in [-0.2, -0.15) is 0 Å². The number of benzene rings is 1. The van der Waals surface area contributed by atoms with Crippen molar-refractivity contribution < 1.29 is 14.6 Å². The van der Waals surface area contributed by atoms with Crippen molar-refractivity contribution in [3.8, 4) is 11.5 Å². The van der Waals surface area contributed by atoms with E-state index in [1.807, 2.05) is 0 Å². The maximum absolute atomic E-state index is 12.0. The topological polar surface area (TPSA) is 70.6 Å². The zero-order valence-electron chi connectivity index (χ0n) is 12.0. The number of amides is 1. The van der Waals surface area contributed by atoms with Gasteiger partial charge < -0.3 is 20.5 Å². The van der Waals surface area contributed by atoms with E-state index in [1.54, 1.807) is 12.1 Å². The Bertz CT molecular complexity index is 468. The quantitative estimate of drug-likeness (QED) is 0.781. The number of piperidine rings is 1. The van der Waals surface area contributed by atoms with Gasteiger partial charge in [-0.1, -0.05) is 0 Å². The van der Waals surface area contributed by atoms with Crippen molar-refractivity contribution in [2.75, 3.05) is 20.2 Å². The van der Waals surface area contributed by atoms with Crippen molar-refractivity contribution in [1.29, 1.82) is 0 Å². The van der Waals surface area contributed by atoms with Gasteiger partial charge in [0.2, 0.25) is 0 Å². The monoisotopic (exact) mass is 278 g/mol. The maximum atomic E-state index is 12.0.